The van der Waals surface area contributed by atoms with E-state index in [-0.39, 0.29) is 34.5 Å². The lowest BCUT2D eigenvalue weighted by Crippen LogP contribution is -2.41. The maximum absolute atomic E-state index is 13.3. The Morgan fingerprint density at radius 1 is 1.29 bits per heavy atom. The summed E-state index contributed by atoms with van der Waals surface area (Å²) in [5.41, 5.74) is -0.0470. The van der Waals surface area contributed by atoms with Crippen LogP contribution in [0.25, 0.3) is 0 Å². The molecule has 0 bridgehead atoms. The molecule has 1 aliphatic heterocycles. The number of allylic oxidation sites excluding steroid dienone is 1. The molecule has 1 heterocycles. The number of hydrogen-bond acceptors (Lipinski definition) is 5. The summed E-state index contributed by atoms with van der Waals surface area (Å²) in [7, 11) is -3.98. The molecule has 7 nitrogen and oxygen atoms in total. The first-order chi connectivity index (χ1) is 13.2. The number of ether oxygens (including phenoxy) is 1. The Morgan fingerprint density at radius 3 is 2.57 bits per heavy atom. The van der Waals surface area contributed by atoms with E-state index in [4.69, 9.17) is 27.9 Å². The zero-order valence-corrected chi connectivity index (χ0v) is 17.6. The van der Waals surface area contributed by atoms with E-state index in [1.54, 1.807) is 6.92 Å². The number of carbonyl (C=O) groups excluding carboxylic acids is 1. The standard InChI is InChI=1S/C18H22Cl2N2O5S/c1-18(7-9-27-10-8-18)28(25,26)16-12(20)5-6-14(15(16)23)22-17(24)21-13-4-2-3-11(13)19/h3,5-6,13,23H,2,4,7-10H2,1H3,(H2,21,22,24)/t13-/m0/s1. The highest BCUT2D eigenvalue weighted by Gasteiger charge is 2.44. The summed E-state index contributed by atoms with van der Waals surface area (Å²) in [6.45, 7) is 2.23. The molecule has 1 fully saturated rings. The first-order valence-electron chi connectivity index (χ1n) is 8.92. The zero-order chi connectivity index (χ0) is 20.5. The molecule has 3 rings (SSSR count). The van der Waals surface area contributed by atoms with Gasteiger partial charge in [-0.2, -0.15) is 0 Å². The normalized spacial score (nSPS) is 21.8. The predicted molar refractivity (Wildman–Crippen MR) is 108 cm³/mol. The average Bonchev–Trinajstić information content (AvgIpc) is 3.02. The summed E-state index contributed by atoms with van der Waals surface area (Å²) in [5, 5.41) is 16.3. The minimum Gasteiger partial charge on any atom is -0.504 e. The van der Waals surface area contributed by atoms with Crippen molar-refractivity contribution in [1.82, 2.24) is 5.32 Å². The van der Waals surface area contributed by atoms with Gasteiger partial charge >= 0.3 is 6.03 Å². The number of hydrogen-bond donors (Lipinski definition) is 3. The monoisotopic (exact) mass is 448 g/mol. The first kappa shape index (κ1) is 21.2. The average molecular weight is 449 g/mol. The van der Waals surface area contributed by atoms with E-state index in [0.717, 1.165) is 6.42 Å². The van der Waals surface area contributed by atoms with Crippen molar-refractivity contribution in [1.29, 1.82) is 0 Å². The van der Waals surface area contributed by atoms with Crippen LogP contribution < -0.4 is 10.6 Å². The summed E-state index contributed by atoms with van der Waals surface area (Å²) in [6, 6.07) is 1.79. The van der Waals surface area contributed by atoms with Gasteiger partial charge in [0.05, 0.1) is 21.5 Å². The van der Waals surface area contributed by atoms with Gasteiger partial charge in [0.2, 0.25) is 0 Å². The van der Waals surface area contributed by atoms with E-state index >= 15 is 0 Å². The van der Waals surface area contributed by atoms with Gasteiger partial charge in [0.15, 0.2) is 15.6 Å². The molecule has 1 aliphatic carbocycles. The molecule has 10 heteroatoms. The van der Waals surface area contributed by atoms with Gasteiger partial charge in [0.25, 0.3) is 0 Å². The summed E-state index contributed by atoms with van der Waals surface area (Å²) >= 11 is 12.2. The van der Waals surface area contributed by atoms with Crippen molar-refractivity contribution >= 4 is 44.8 Å². The number of phenols is 1. The highest BCUT2D eigenvalue weighted by Crippen LogP contribution is 2.44. The molecule has 0 radical (unpaired) electrons. The lowest BCUT2D eigenvalue weighted by Gasteiger charge is -2.33. The molecule has 2 aliphatic rings. The molecule has 1 aromatic carbocycles. The molecule has 3 N–H and O–H groups in total. The van der Waals surface area contributed by atoms with Crippen LogP contribution in [0.3, 0.4) is 0 Å². The molecule has 2 amide bonds. The molecule has 0 saturated carbocycles. The topological polar surface area (TPSA) is 105 Å². The van der Waals surface area contributed by atoms with Crippen LogP contribution >= 0.6 is 23.2 Å². The van der Waals surface area contributed by atoms with E-state index in [2.05, 4.69) is 10.6 Å². The molecule has 1 atom stereocenters. The van der Waals surface area contributed by atoms with E-state index in [0.29, 0.717) is 24.7 Å². The summed E-state index contributed by atoms with van der Waals surface area (Å²) in [6.07, 6.45) is 3.84. The molecular formula is C18H22Cl2N2O5S. The van der Waals surface area contributed by atoms with E-state index in [1.165, 1.54) is 12.1 Å². The summed E-state index contributed by atoms with van der Waals surface area (Å²) < 4.78 is 30.7. The molecule has 28 heavy (non-hydrogen) atoms. The van der Waals surface area contributed by atoms with Gasteiger partial charge in [0.1, 0.15) is 4.90 Å². The fraction of sp³-hybridized carbons (Fsp3) is 0.500. The SMILES string of the molecule is CC1(S(=O)(=O)c2c(Cl)ccc(NC(=O)N[C@H]3CCC=C3Cl)c2O)CCOCC1. The minimum absolute atomic E-state index is 0.0470. The molecule has 154 valence electrons. The Balaban J connectivity index is 1.88. The number of nitrogens with one attached hydrogen (secondary N) is 2. The first-order valence-corrected chi connectivity index (χ1v) is 11.2. The molecular weight excluding hydrogens is 427 g/mol. The smallest absolute Gasteiger partial charge is 0.319 e. The van der Waals surface area contributed by atoms with Crippen molar-refractivity contribution in [3.8, 4) is 5.75 Å². The Morgan fingerprint density at radius 2 is 1.96 bits per heavy atom. The van der Waals surface area contributed by atoms with Crippen LogP contribution in [0.5, 0.6) is 5.75 Å². The van der Waals surface area contributed by atoms with Crippen LogP contribution in [-0.4, -0.2) is 43.6 Å². The van der Waals surface area contributed by atoms with Crippen LogP contribution in [0.15, 0.2) is 28.1 Å². The molecule has 0 aromatic heterocycles. The molecule has 0 unspecified atom stereocenters. The zero-order valence-electron chi connectivity index (χ0n) is 15.3. The van der Waals surface area contributed by atoms with E-state index in [1.807, 2.05) is 6.08 Å². The van der Waals surface area contributed by atoms with Crippen molar-refractivity contribution < 1.29 is 23.1 Å². The van der Waals surface area contributed by atoms with Gasteiger partial charge in [-0.3, -0.25) is 0 Å². The second-order valence-electron chi connectivity index (χ2n) is 7.16. The number of amides is 2. The fourth-order valence-electron chi connectivity index (χ4n) is 3.35. The van der Waals surface area contributed by atoms with E-state index < -0.39 is 26.4 Å². The largest absolute Gasteiger partial charge is 0.504 e. The Bertz CT molecular complexity index is 911. The summed E-state index contributed by atoms with van der Waals surface area (Å²) in [5.74, 6) is -0.580. The van der Waals surface area contributed by atoms with Crippen LogP contribution in [0, 0.1) is 0 Å². The van der Waals surface area contributed by atoms with Crippen molar-refractivity contribution in [2.75, 3.05) is 18.5 Å². The fourth-order valence-corrected chi connectivity index (χ4v) is 5.96. The minimum atomic E-state index is -3.98. The van der Waals surface area contributed by atoms with Crippen molar-refractivity contribution in [2.45, 2.75) is 48.3 Å². The lowest BCUT2D eigenvalue weighted by molar-refractivity contribution is 0.0788. The lowest BCUT2D eigenvalue weighted by atomic mass is 10.0. The van der Waals surface area contributed by atoms with Crippen molar-refractivity contribution in [2.24, 2.45) is 0 Å². The van der Waals surface area contributed by atoms with Crippen molar-refractivity contribution in [3.05, 3.63) is 28.3 Å². The van der Waals surface area contributed by atoms with Gasteiger partial charge in [-0.05, 0) is 44.7 Å². The third-order valence-corrected chi connectivity index (χ3v) is 8.73. The maximum atomic E-state index is 13.3. The third-order valence-electron chi connectivity index (χ3n) is 5.23. The van der Waals surface area contributed by atoms with Crippen LogP contribution in [0.2, 0.25) is 5.02 Å². The van der Waals surface area contributed by atoms with Crippen LogP contribution in [-0.2, 0) is 14.6 Å². The Hall–Kier alpha value is -1.48. The number of urea groups is 1. The highest BCUT2D eigenvalue weighted by molar-refractivity contribution is 7.93. The van der Waals surface area contributed by atoms with Gasteiger partial charge in [0, 0.05) is 18.2 Å². The van der Waals surface area contributed by atoms with Crippen molar-refractivity contribution in [3.63, 3.8) is 0 Å². The number of aromatic hydroxyl groups is 1. The summed E-state index contributed by atoms with van der Waals surface area (Å²) in [4.78, 5) is 11.9. The van der Waals surface area contributed by atoms with Gasteiger partial charge < -0.3 is 20.5 Å². The highest BCUT2D eigenvalue weighted by atomic mass is 35.5. The second-order valence-corrected chi connectivity index (χ2v) is 10.4. The maximum Gasteiger partial charge on any atom is 0.319 e. The van der Waals surface area contributed by atoms with Gasteiger partial charge in [-0.15, -0.1) is 0 Å². The van der Waals surface area contributed by atoms with Crippen LogP contribution in [0.4, 0.5) is 10.5 Å². The Kier molecular flexibility index (Phi) is 6.14. The second kappa shape index (κ2) is 8.10. The van der Waals surface area contributed by atoms with E-state index in [9.17, 15) is 18.3 Å². The van der Waals surface area contributed by atoms with Crippen LogP contribution in [0.1, 0.15) is 32.6 Å². The number of rotatable bonds is 4. The number of sulfone groups is 1. The Labute approximate surface area is 174 Å². The number of carbonyl (C=O) groups is 1. The molecule has 1 saturated heterocycles. The molecule has 1 aromatic rings. The number of halogens is 2. The van der Waals surface area contributed by atoms with Gasteiger partial charge in [-0.25, -0.2) is 13.2 Å². The number of phenolic OH excluding ortho intramolecular Hbond substituents is 1. The third kappa shape index (κ3) is 3.96. The molecule has 0 spiro atoms. The van der Waals surface area contributed by atoms with Gasteiger partial charge in [-0.1, -0.05) is 29.3 Å². The predicted octanol–water partition coefficient (Wildman–Crippen LogP) is 3.80. The quantitative estimate of drug-likeness (QED) is 0.607. The number of benzene rings is 1. The number of anilines is 1.